The molecular weight excluding hydrogens is 1410 g/mol. The maximum absolute atomic E-state index is 13.0. The number of hydrogen-bond acceptors (Lipinski definition) is 14. The topological polar surface area (TPSA) is 231 Å². The number of phosphoric acid groups is 2. The summed E-state index contributed by atoms with van der Waals surface area (Å²) in [4.78, 5) is 58.8. The highest BCUT2D eigenvalue weighted by molar-refractivity contribution is 7.47. The number of esters is 3. The number of rotatable bonds is 77. The van der Waals surface area contributed by atoms with E-state index in [2.05, 4.69) is 215 Å². The summed E-state index contributed by atoms with van der Waals surface area (Å²) in [7, 11) is -9.84. The predicted octanol–water partition coefficient (Wildman–Crippen LogP) is 25.1. The van der Waals surface area contributed by atoms with Crippen molar-refractivity contribution in [2.45, 2.75) is 322 Å². The van der Waals surface area contributed by atoms with Gasteiger partial charge in [0.25, 0.3) is 0 Å². The van der Waals surface area contributed by atoms with Crippen molar-refractivity contribution in [2.75, 3.05) is 39.6 Å². The molecule has 18 heteroatoms. The van der Waals surface area contributed by atoms with Gasteiger partial charge < -0.3 is 34.2 Å². The number of ether oxygens (including phenoxy) is 3. The molecule has 5 unspecified atom stereocenters. The van der Waals surface area contributed by atoms with E-state index in [0.29, 0.717) is 25.7 Å². The van der Waals surface area contributed by atoms with Crippen molar-refractivity contribution >= 4 is 33.6 Å². The van der Waals surface area contributed by atoms with Crippen LogP contribution in [0.15, 0.2) is 194 Å². The second-order valence-electron chi connectivity index (χ2n) is 27.2. The van der Waals surface area contributed by atoms with Crippen LogP contribution in [-0.4, -0.2) is 95.9 Å². The number of phosphoric ester groups is 2. The number of allylic oxidation sites excluding steroid dienone is 32. The fourth-order valence-corrected chi connectivity index (χ4v) is 12.1. The first-order valence-electron chi connectivity index (χ1n) is 41.7. The first-order valence-corrected chi connectivity index (χ1v) is 44.7. The zero-order chi connectivity index (χ0) is 79.4. The van der Waals surface area contributed by atoms with E-state index in [9.17, 15) is 43.5 Å². The Kier molecular flexibility index (Phi) is 77.7. The van der Waals surface area contributed by atoms with E-state index in [4.69, 9.17) is 32.3 Å². The Hall–Kier alpha value is -5.61. The lowest BCUT2D eigenvalue weighted by Crippen LogP contribution is -2.30. The quantitative estimate of drug-likeness (QED) is 0.0146. The molecule has 0 saturated carbocycles. The molecule has 0 aromatic heterocycles. The van der Waals surface area contributed by atoms with Gasteiger partial charge in [0.05, 0.1) is 26.4 Å². The molecule has 109 heavy (non-hydrogen) atoms. The third-order valence-corrected chi connectivity index (χ3v) is 18.7. The highest BCUT2D eigenvalue weighted by Gasteiger charge is 2.29. The molecular formula is C91H148O16P2. The van der Waals surface area contributed by atoms with Crippen molar-refractivity contribution in [3.05, 3.63) is 194 Å². The third kappa shape index (κ3) is 83.2. The Morgan fingerprint density at radius 1 is 0.266 bits per heavy atom. The van der Waals surface area contributed by atoms with Gasteiger partial charge in [-0.25, -0.2) is 9.13 Å². The summed E-state index contributed by atoms with van der Waals surface area (Å²) >= 11 is 0. The van der Waals surface area contributed by atoms with Gasteiger partial charge in [-0.15, -0.1) is 0 Å². The van der Waals surface area contributed by atoms with Crippen molar-refractivity contribution in [1.29, 1.82) is 0 Å². The minimum atomic E-state index is -4.96. The molecule has 0 radical (unpaired) electrons. The summed E-state index contributed by atoms with van der Waals surface area (Å²) in [6, 6.07) is 0. The summed E-state index contributed by atoms with van der Waals surface area (Å²) in [6.07, 6.45) is 108. The summed E-state index contributed by atoms with van der Waals surface area (Å²) in [5, 5.41) is 20.7. The van der Waals surface area contributed by atoms with E-state index in [-0.39, 0.29) is 19.3 Å². The first kappa shape index (κ1) is 103. The molecule has 0 aromatic rings. The number of carbonyl (C=O) groups is 3. The minimum absolute atomic E-state index is 0.0349. The molecule has 0 fully saturated rings. The summed E-state index contributed by atoms with van der Waals surface area (Å²) < 4.78 is 61.2. The fraction of sp³-hybridized carbons (Fsp3) is 0.615. The van der Waals surface area contributed by atoms with Crippen LogP contribution in [0.2, 0.25) is 0 Å². The predicted molar refractivity (Wildman–Crippen MR) is 454 cm³/mol. The van der Waals surface area contributed by atoms with Gasteiger partial charge >= 0.3 is 33.6 Å². The molecule has 0 aliphatic heterocycles. The van der Waals surface area contributed by atoms with E-state index in [0.717, 1.165) is 154 Å². The van der Waals surface area contributed by atoms with E-state index >= 15 is 0 Å². The van der Waals surface area contributed by atoms with Crippen LogP contribution in [0.3, 0.4) is 0 Å². The Labute approximate surface area is 661 Å². The second kappa shape index (κ2) is 81.9. The van der Waals surface area contributed by atoms with Crippen molar-refractivity contribution in [3.63, 3.8) is 0 Å². The maximum atomic E-state index is 13.0. The average Bonchev–Trinajstić information content (AvgIpc) is 0.904. The average molecular weight is 1560 g/mol. The first-order chi connectivity index (χ1) is 53.2. The Morgan fingerprint density at radius 2 is 0.486 bits per heavy atom. The lowest BCUT2D eigenvalue weighted by Gasteiger charge is -2.21. The molecule has 618 valence electrons. The van der Waals surface area contributed by atoms with Gasteiger partial charge in [-0.3, -0.25) is 32.5 Å². The molecule has 5 atom stereocenters. The molecule has 0 rings (SSSR count). The van der Waals surface area contributed by atoms with Crippen molar-refractivity contribution in [1.82, 2.24) is 0 Å². The lowest BCUT2D eigenvalue weighted by molar-refractivity contribution is -0.161. The SMILES string of the molecule is CC/C=C\C/C=C\C/C=C\C/C=C\C/C=C\C/C=C\CCCCCCC(=O)OCC(COP(=O)(O)OCC(O)COP(=O)(O)OCC(O)COC(=O)CCCCCCCCCCCCCCC/C=C\C/C=C\C/C=C\C/C=C\CCCCC)OC(=O)CCCC/C=C\C/C=C\C/C=C\C/C=C\C/C=C\C/C=C\CC. The fourth-order valence-electron chi connectivity index (χ4n) is 10.5. The highest BCUT2D eigenvalue weighted by Crippen LogP contribution is 2.45. The molecule has 0 spiro atoms. The van der Waals surface area contributed by atoms with Crippen LogP contribution in [0.25, 0.3) is 0 Å². The molecule has 0 saturated heterocycles. The normalized spacial score (nSPS) is 14.9. The standard InChI is InChI=1S/C91H148O16P2/c1-4-7-10-13-16-19-22-25-28-31-34-37-39-40-41-42-43-44-46-49-50-53-56-59-62-65-68-71-74-77-89(94)101-80-86(92)81-103-108(97,98)104-82-87(93)83-105-109(99,100)106-85-88(107-91(96)79-76-73-70-67-64-61-58-55-52-47-36-33-30-27-24-21-18-15-12-9-6-3)84-102-90(95)78-75-72-69-66-63-60-57-54-51-48-45-38-35-32-29-26-23-20-17-14-11-8-5-2/h8-9,11-12,16-21,25-30,34-38,40-41,47-48,51,55,57-58,60,64,67,86-88,92-93H,4-7,10,13-15,22-24,31-33,39,42-46,49-50,52-54,56,59,61-63,65-66,68-85H2,1-3H3,(H,97,98)(H,99,100)/b11-8-,12-9-,19-16-,20-17-,21-18-,28-25-,29-26-,30-27-,37-34-,38-35-,41-40-,47-36-,51-48-,58-55-,60-57-,67-64-. The molecule has 0 aromatic carbocycles. The van der Waals surface area contributed by atoms with Crippen LogP contribution < -0.4 is 0 Å². The molecule has 0 aliphatic rings. The van der Waals surface area contributed by atoms with Gasteiger partial charge in [0.2, 0.25) is 0 Å². The van der Waals surface area contributed by atoms with Crippen LogP contribution in [0.4, 0.5) is 0 Å². The van der Waals surface area contributed by atoms with E-state index in [1.54, 1.807) is 0 Å². The zero-order valence-electron chi connectivity index (χ0n) is 67.6. The molecule has 0 aliphatic carbocycles. The number of unbranched alkanes of at least 4 members (excludes halogenated alkanes) is 22. The van der Waals surface area contributed by atoms with Crippen LogP contribution >= 0.6 is 15.6 Å². The van der Waals surface area contributed by atoms with Gasteiger partial charge in [-0.05, 0) is 167 Å². The monoisotopic (exact) mass is 1560 g/mol. The third-order valence-electron chi connectivity index (χ3n) is 16.8. The highest BCUT2D eigenvalue weighted by atomic mass is 31.2. The van der Waals surface area contributed by atoms with Gasteiger partial charge in [0, 0.05) is 19.3 Å². The Balaban J connectivity index is 4.70. The van der Waals surface area contributed by atoms with Crippen molar-refractivity contribution in [2.24, 2.45) is 0 Å². The molecule has 0 amide bonds. The molecule has 4 N–H and O–H groups in total. The van der Waals surface area contributed by atoms with Crippen LogP contribution in [0, 0.1) is 0 Å². The number of carbonyl (C=O) groups excluding carboxylic acids is 3. The van der Waals surface area contributed by atoms with E-state index in [1.807, 2.05) is 0 Å². The van der Waals surface area contributed by atoms with Crippen molar-refractivity contribution in [3.8, 4) is 0 Å². The van der Waals surface area contributed by atoms with Crippen LogP contribution in [0.5, 0.6) is 0 Å². The largest absolute Gasteiger partial charge is 0.472 e. The Bertz CT molecular complexity index is 2760. The number of aliphatic hydroxyl groups excluding tert-OH is 2. The summed E-state index contributed by atoms with van der Waals surface area (Å²) in [5.41, 5.74) is 0. The lowest BCUT2D eigenvalue weighted by atomic mass is 10.0. The summed E-state index contributed by atoms with van der Waals surface area (Å²) in [6.45, 7) is 2.33. The molecule has 16 nitrogen and oxygen atoms in total. The Morgan fingerprint density at radius 3 is 0.789 bits per heavy atom. The minimum Gasteiger partial charge on any atom is -0.463 e. The van der Waals surface area contributed by atoms with Gasteiger partial charge in [-0.1, -0.05) is 312 Å². The van der Waals surface area contributed by atoms with E-state index < -0.39 is 91.5 Å². The second-order valence-corrected chi connectivity index (χ2v) is 30.1. The number of aliphatic hydroxyl groups is 2. The van der Waals surface area contributed by atoms with Gasteiger partial charge in [0.1, 0.15) is 25.4 Å². The molecule has 0 heterocycles. The van der Waals surface area contributed by atoms with Crippen LogP contribution in [-0.2, 0) is 55.8 Å². The smallest absolute Gasteiger partial charge is 0.463 e. The maximum Gasteiger partial charge on any atom is 0.472 e. The van der Waals surface area contributed by atoms with Crippen LogP contribution in [0.1, 0.15) is 303 Å². The number of hydrogen-bond donors (Lipinski definition) is 4. The van der Waals surface area contributed by atoms with E-state index in [1.165, 1.54) is 83.5 Å². The van der Waals surface area contributed by atoms with Gasteiger partial charge in [0.15, 0.2) is 6.10 Å². The van der Waals surface area contributed by atoms with Crippen molar-refractivity contribution < 1.29 is 75.8 Å². The zero-order valence-corrected chi connectivity index (χ0v) is 69.4. The molecule has 0 bridgehead atoms. The van der Waals surface area contributed by atoms with Gasteiger partial charge in [-0.2, -0.15) is 0 Å². The summed E-state index contributed by atoms with van der Waals surface area (Å²) in [5.74, 6) is -1.67.